The van der Waals surface area contributed by atoms with Gasteiger partial charge in [-0.05, 0) is 86.9 Å². The van der Waals surface area contributed by atoms with Crippen LogP contribution in [0.25, 0.3) is 6.08 Å². The number of aryl methyl sites for hydroxylation is 3. The number of carbonyl (C=O) groups is 1. The second-order valence-electron chi connectivity index (χ2n) is 9.32. The van der Waals surface area contributed by atoms with E-state index in [-0.39, 0.29) is 17.5 Å². The van der Waals surface area contributed by atoms with Crippen molar-refractivity contribution in [3.8, 4) is 17.6 Å². The number of hydrogen-bond acceptors (Lipinski definition) is 4. The maximum Gasteiger partial charge on any atom is 0.262 e. The van der Waals surface area contributed by atoms with Gasteiger partial charge in [-0.15, -0.1) is 0 Å². The molecular formula is C29H36N2O3. The molecule has 1 fully saturated rings. The average Bonchev–Trinajstić information content (AvgIpc) is 2.79. The van der Waals surface area contributed by atoms with Crippen LogP contribution in [0.4, 0.5) is 0 Å². The maximum absolute atomic E-state index is 12.8. The molecule has 0 radical (unpaired) electrons. The summed E-state index contributed by atoms with van der Waals surface area (Å²) in [6.07, 6.45) is 6.00. The molecule has 2 atom stereocenters. The highest BCUT2D eigenvalue weighted by Crippen LogP contribution is 2.31. The lowest BCUT2D eigenvalue weighted by atomic mass is 9.86. The molecule has 0 unspecified atom stereocenters. The summed E-state index contributed by atoms with van der Waals surface area (Å²) in [5, 5.41) is 12.7. The van der Waals surface area contributed by atoms with E-state index in [0.717, 1.165) is 30.4 Å². The third kappa shape index (κ3) is 6.41. The fraction of sp³-hybridized carbons (Fsp3) is 0.448. The van der Waals surface area contributed by atoms with Crippen LogP contribution in [0.15, 0.2) is 35.9 Å². The highest BCUT2D eigenvalue weighted by molar-refractivity contribution is 6.01. The lowest BCUT2D eigenvalue weighted by Crippen LogP contribution is -2.41. The number of ether oxygens (including phenoxy) is 2. The number of nitrogens with one attached hydrogen (secondary N) is 1. The highest BCUT2D eigenvalue weighted by atomic mass is 16.5. The van der Waals surface area contributed by atoms with Gasteiger partial charge in [0.1, 0.15) is 18.2 Å². The topological polar surface area (TPSA) is 71.3 Å². The Morgan fingerprint density at radius 1 is 1.09 bits per heavy atom. The summed E-state index contributed by atoms with van der Waals surface area (Å²) >= 11 is 0. The first-order valence-corrected chi connectivity index (χ1v) is 12.2. The zero-order valence-corrected chi connectivity index (χ0v) is 21.0. The van der Waals surface area contributed by atoms with E-state index in [4.69, 9.17) is 9.47 Å². The number of amides is 1. The number of carbonyl (C=O) groups excluding carboxylic acids is 1. The largest absolute Gasteiger partial charge is 0.490 e. The molecule has 1 saturated carbocycles. The van der Waals surface area contributed by atoms with Crippen LogP contribution >= 0.6 is 0 Å². The van der Waals surface area contributed by atoms with E-state index in [1.54, 1.807) is 6.08 Å². The van der Waals surface area contributed by atoms with Crippen molar-refractivity contribution >= 4 is 12.0 Å². The molecule has 2 aromatic carbocycles. The molecule has 1 amide bonds. The van der Waals surface area contributed by atoms with Gasteiger partial charge in [0.25, 0.3) is 5.91 Å². The Hall–Kier alpha value is -3.26. The van der Waals surface area contributed by atoms with Crippen molar-refractivity contribution in [3.63, 3.8) is 0 Å². The lowest BCUT2D eigenvalue weighted by Gasteiger charge is -2.29. The molecule has 0 heterocycles. The van der Waals surface area contributed by atoms with E-state index in [2.05, 4.69) is 51.2 Å². The molecule has 2 aromatic rings. The van der Waals surface area contributed by atoms with Crippen LogP contribution in [0, 0.1) is 38.0 Å². The molecule has 0 bridgehead atoms. The number of benzene rings is 2. The van der Waals surface area contributed by atoms with Crippen LogP contribution < -0.4 is 14.8 Å². The Bertz CT molecular complexity index is 1070. The van der Waals surface area contributed by atoms with Gasteiger partial charge in [0.2, 0.25) is 0 Å². The van der Waals surface area contributed by atoms with E-state index in [9.17, 15) is 10.1 Å². The second kappa shape index (κ2) is 11.7. The van der Waals surface area contributed by atoms with Crippen molar-refractivity contribution in [3.05, 3.63) is 63.7 Å². The Morgan fingerprint density at radius 2 is 1.79 bits per heavy atom. The van der Waals surface area contributed by atoms with Gasteiger partial charge >= 0.3 is 0 Å². The Balaban J connectivity index is 1.77. The van der Waals surface area contributed by atoms with Crippen LogP contribution in [-0.2, 0) is 11.4 Å². The van der Waals surface area contributed by atoms with Crippen molar-refractivity contribution in [2.75, 3.05) is 6.61 Å². The minimum Gasteiger partial charge on any atom is -0.490 e. The van der Waals surface area contributed by atoms with Gasteiger partial charge in [-0.1, -0.05) is 43.5 Å². The molecule has 0 aromatic heterocycles. The normalized spacial score (nSPS) is 18.2. The molecule has 1 N–H and O–H groups in total. The van der Waals surface area contributed by atoms with E-state index in [0.29, 0.717) is 30.6 Å². The summed E-state index contributed by atoms with van der Waals surface area (Å²) in [7, 11) is 0. The minimum atomic E-state index is -0.315. The summed E-state index contributed by atoms with van der Waals surface area (Å²) in [6, 6.07) is 12.0. The van der Waals surface area contributed by atoms with Crippen LogP contribution in [0.5, 0.6) is 11.5 Å². The predicted octanol–water partition coefficient (Wildman–Crippen LogP) is 6.19. The fourth-order valence-corrected chi connectivity index (χ4v) is 4.68. The third-order valence-electron chi connectivity index (χ3n) is 6.58. The summed E-state index contributed by atoms with van der Waals surface area (Å²) in [4.78, 5) is 12.8. The van der Waals surface area contributed by atoms with Crippen LogP contribution in [0.1, 0.15) is 67.3 Å². The third-order valence-corrected chi connectivity index (χ3v) is 6.58. The predicted molar refractivity (Wildman–Crippen MR) is 136 cm³/mol. The summed E-state index contributed by atoms with van der Waals surface area (Å²) < 4.78 is 12.0. The first kappa shape index (κ1) is 25.4. The SMILES string of the molecule is CCOc1cc(/C=C(\C#N)C(=O)N[C@H]2CCCC[C@H]2C)ccc1OCc1c(C)cc(C)cc1C. The molecule has 34 heavy (non-hydrogen) atoms. The van der Waals surface area contributed by atoms with Gasteiger partial charge in [-0.3, -0.25) is 4.79 Å². The van der Waals surface area contributed by atoms with Crippen molar-refractivity contribution in [1.29, 1.82) is 5.26 Å². The number of hydrogen-bond donors (Lipinski definition) is 1. The van der Waals surface area contributed by atoms with Crippen LogP contribution in [-0.4, -0.2) is 18.6 Å². The zero-order chi connectivity index (χ0) is 24.7. The van der Waals surface area contributed by atoms with Crippen molar-refractivity contribution < 1.29 is 14.3 Å². The standard InChI is InChI=1S/C29H36N2O3/c1-6-33-28-16-23(15-24(17-30)29(32)31-26-10-8-7-9-20(26)3)11-12-27(28)34-18-25-21(4)13-19(2)14-22(25)5/h11-16,20,26H,6-10,18H2,1-5H3,(H,31,32)/b24-15+/t20-,26+/m1/s1. The number of rotatable bonds is 8. The molecular weight excluding hydrogens is 424 g/mol. The van der Waals surface area contributed by atoms with Gasteiger partial charge in [0.05, 0.1) is 6.61 Å². The second-order valence-corrected chi connectivity index (χ2v) is 9.32. The van der Waals surface area contributed by atoms with E-state index < -0.39 is 0 Å². The highest BCUT2D eigenvalue weighted by Gasteiger charge is 2.24. The van der Waals surface area contributed by atoms with E-state index >= 15 is 0 Å². The Labute approximate surface area is 203 Å². The monoisotopic (exact) mass is 460 g/mol. The quantitative estimate of drug-likeness (QED) is 0.376. The minimum absolute atomic E-state index is 0.0970. The van der Waals surface area contributed by atoms with Gasteiger partial charge in [0, 0.05) is 6.04 Å². The molecule has 0 saturated heterocycles. The fourth-order valence-electron chi connectivity index (χ4n) is 4.68. The molecule has 5 heteroatoms. The van der Waals surface area contributed by atoms with Gasteiger partial charge in [-0.2, -0.15) is 5.26 Å². The molecule has 0 aliphatic heterocycles. The van der Waals surface area contributed by atoms with Crippen molar-refractivity contribution in [1.82, 2.24) is 5.32 Å². The Morgan fingerprint density at radius 3 is 2.44 bits per heavy atom. The molecule has 3 rings (SSSR count). The smallest absolute Gasteiger partial charge is 0.262 e. The maximum atomic E-state index is 12.8. The average molecular weight is 461 g/mol. The van der Waals surface area contributed by atoms with E-state index in [1.165, 1.54) is 23.1 Å². The van der Waals surface area contributed by atoms with Crippen LogP contribution in [0.3, 0.4) is 0 Å². The van der Waals surface area contributed by atoms with Crippen LogP contribution in [0.2, 0.25) is 0 Å². The number of nitrogens with zero attached hydrogens (tertiary/aromatic N) is 1. The molecule has 5 nitrogen and oxygen atoms in total. The summed E-state index contributed by atoms with van der Waals surface area (Å²) in [6.45, 7) is 11.3. The van der Waals surface area contributed by atoms with Crippen molar-refractivity contribution in [2.24, 2.45) is 5.92 Å². The zero-order valence-electron chi connectivity index (χ0n) is 21.0. The lowest BCUT2D eigenvalue weighted by molar-refractivity contribution is -0.118. The molecule has 1 aliphatic rings. The summed E-state index contributed by atoms with van der Waals surface area (Å²) in [5.41, 5.74) is 5.62. The molecule has 0 spiro atoms. The van der Waals surface area contributed by atoms with Crippen molar-refractivity contribution in [2.45, 2.75) is 73.0 Å². The first-order valence-electron chi connectivity index (χ1n) is 12.2. The first-order chi connectivity index (χ1) is 16.3. The van der Waals surface area contributed by atoms with Gasteiger partial charge in [0.15, 0.2) is 11.5 Å². The van der Waals surface area contributed by atoms with Gasteiger partial charge in [-0.25, -0.2) is 0 Å². The summed E-state index contributed by atoms with van der Waals surface area (Å²) in [5.74, 6) is 1.35. The molecule has 1 aliphatic carbocycles. The van der Waals surface area contributed by atoms with Gasteiger partial charge < -0.3 is 14.8 Å². The number of nitriles is 1. The Kier molecular flexibility index (Phi) is 8.76. The van der Waals surface area contributed by atoms with E-state index in [1.807, 2.05) is 25.1 Å². The molecule has 180 valence electrons.